The summed E-state index contributed by atoms with van der Waals surface area (Å²) in [5.74, 6) is 1.41. The largest absolute Gasteiger partial charge is 0.457 e. The number of para-hydroxylation sites is 1. The molecule has 7 nitrogen and oxygen atoms in total. The van der Waals surface area contributed by atoms with Crippen LogP contribution in [0.3, 0.4) is 0 Å². The first-order valence-corrected chi connectivity index (χ1v) is 13.0. The van der Waals surface area contributed by atoms with Crippen LogP contribution in [0.25, 0.3) is 0 Å². The molecule has 4 aromatic rings. The summed E-state index contributed by atoms with van der Waals surface area (Å²) in [7, 11) is 0. The monoisotopic (exact) mass is 572 g/mol. The van der Waals surface area contributed by atoms with E-state index in [1.807, 2.05) is 110 Å². The van der Waals surface area contributed by atoms with Crippen molar-refractivity contribution in [3.8, 4) is 11.5 Å². The van der Waals surface area contributed by atoms with Crippen molar-refractivity contribution < 1.29 is 14.3 Å². The minimum absolute atomic E-state index is 0.258. The molecule has 4 amide bonds. The molecule has 0 aliphatic rings. The number of ether oxygens (including phenoxy) is 1. The maximum Gasteiger partial charge on any atom is 0.326 e. The Balaban J connectivity index is 1.39. The highest BCUT2D eigenvalue weighted by atomic mass is 79.9. The van der Waals surface area contributed by atoms with Crippen LogP contribution in [0.5, 0.6) is 11.5 Å². The number of carbonyl (C=O) groups excluding carboxylic acids is 2. The Bertz CT molecular complexity index is 1360. The van der Waals surface area contributed by atoms with Crippen LogP contribution < -0.4 is 25.6 Å². The van der Waals surface area contributed by atoms with Crippen molar-refractivity contribution >= 4 is 45.1 Å². The number of nitrogens with zero attached hydrogens (tertiary/aromatic N) is 1. The smallest absolute Gasteiger partial charge is 0.326 e. The molecule has 0 aromatic heterocycles. The molecular weight excluding hydrogens is 544 g/mol. The number of hydrogen-bond acceptors (Lipinski definition) is 3. The van der Waals surface area contributed by atoms with Gasteiger partial charge in [-0.25, -0.2) is 9.59 Å². The van der Waals surface area contributed by atoms with Gasteiger partial charge in [0.05, 0.1) is 0 Å². The van der Waals surface area contributed by atoms with E-state index in [0.717, 1.165) is 21.5 Å². The van der Waals surface area contributed by atoms with E-state index in [9.17, 15) is 9.59 Å². The van der Waals surface area contributed by atoms with Crippen LogP contribution in [0, 0.1) is 6.92 Å². The lowest BCUT2D eigenvalue weighted by atomic mass is 10.2. The van der Waals surface area contributed by atoms with E-state index in [-0.39, 0.29) is 12.1 Å². The van der Waals surface area contributed by atoms with Crippen LogP contribution in [-0.2, 0) is 0 Å². The van der Waals surface area contributed by atoms with Gasteiger partial charge in [-0.15, -0.1) is 0 Å². The number of carbonyl (C=O) groups is 2. The normalized spacial score (nSPS) is 10.4. The molecule has 0 fully saturated rings. The third-order valence-electron chi connectivity index (χ3n) is 5.57. The summed E-state index contributed by atoms with van der Waals surface area (Å²) in [6.45, 7) is 2.76. The van der Waals surface area contributed by atoms with E-state index in [1.165, 1.54) is 0 Å². The Morgan fingerprint density at radius 2 is 1.47 bits per heavy atom. The summed E-state index contributed by atoms with van der Waals surface area (Å²) < 4.78 is 6.77. The third-order valence-corrected chi connectivity index (χ3v) is 6.06. The van der Waals surface area contributed by atoms with Crippen LogP contribution in [-0.4, -0.2) is 25.2 Å². The number of rotatable bonds is 9. The zero-order valence-corrected chi connectivity index (χ0v) is 22.6. The van der Waals surface area contributed by atoms with Gasteiger partial charge in [-0.1, -0.05) is 52.3 Å². The lowest BCUT2D eigenvalue weighted by Gasteiger charge is -2.24. The molecule has 0 spiro atoms. The van der Waals surface area contributed by atoms with Gasteiger partial charge < -0.3 is 20.7 Å². The average molecular weight is 573 g/mol. The number of hydrogen-bond donors (Lipinski definition) is 3. The van der Waals surface area contributed by atoms with Crippen LogP contribution in [0.1, 0.15) is 12.0 Å². The lowest BCUT2D eigenvalue weighted by Crippen LogP contribution is -2.38. The molecule has 8 heteroatoms. The maximum absolute atomic E-state index is 13.3. The van der Waals surface area contributed by atoms with Gasteiger partial charge >= 0.3 is 12.1 Å². The first-order valence-electron chi connectivity index (χ1n) is 12.2. The quantitative estimate of drug-likeness (QED) is 0.179. The molecule has 38 heavy (non-hydrogen) atoms. The molecule has 4 rings (SSSR count). The first kappa shape index (κ1) is 26.8. The SMILES string of the molecule is Cc1cccc(NC(=O)N(CCCNC(=O)Nc2cccc(Br)c2)c2ccc(Oc3ccccc3)cc2)c1. The molecule has 0 saturated heterocycles. The van der Waals surface area contributed by atoms with Crippen LogP contribution in [0.15, 0.2) is 108 Å². The first-order chi connectivity index (χ1) is 18.5. The lowest BCUT2D eigenvalue weighted by molar-refractivity contribution is 0.252. The third kappa shape index (κ3) is 8.11. The van der Waals surface area contributed by atoms with Gasteiger partial charge in [0.2, 0.25) is 0 Å². The van der Waals surface area contributed by atoms with Gasteiger partial charge in [0, 0.05) is 34.6 Å². The van der Waals surface area contributed by atoms with Crippen molar-refractivity contribution in [1.82, 2.24) is 5.32 Å². The molecule has 0 heterocycles. The van der Waals surface area contributed by atoms with Gasteiger partial charge in [0.1, 0.15) is 11.5 Å². The highest BCUT2D eigenvalue weighted by Crippen LogP contribution is 2.25. The Morgan fingerprint density at radius 1 is 0.789 bits per heavy atom. The van der Waals surface area contributed by atoms with E-state index < -0.39 is 0 Å². The summed E-state index contributed by atoms with van der Waals surface area (Å²) in [5, 5.41) is 8.62. The number of anilines is 3. The molecule has 0 saturated carbocycles. The minimum atomic E-state index is -0.304. The zero-order valence-electron chi connectivity index (χ0n) is 21.0. The molecule has 0 bridgehead atoms. The fourth-order valence-electron chi connectivity index (χ4n) is 3.76. The van der Waals surface area contributed by atoms with Crippen molar-refractivity contribution in [2.75, 3.05) is 28.6 Å². The fraction of sp³-hybridized carbons (Fsp3) is 0.133. The minimum Gasteiger partial charge on any atom is -0.457 e. The van der Waals surface area contributed by atoms with Crippen molar-refractivity contribution in [2.24, 2.45) is 0 Å². The highest BCUT2D eigenvalue weighted by Gasteiger charge is 2.16. The topological polar surface area (TPSA) is 82.7 Å². The fourth-order valence-corrected chi connectivity index (χ4v) is 4.16. The summed E-state index contributed by atoms with van der Waals surface area (Å²) >= 11 is 3.39. The Morgan fingerprint density at radius 3 is 2.18 bits per heavy atom. The van der Waals surface area contributed by atoms with E-state index in [1.54, 1.807) is 4.90 Å². The van der Waals surface area contributed by atoms with E-state index in [4.69, 9.17) is 4.74 Å². The highest BCUT2D eigenvalue weighted by molar-refractivity contribution is 9.10. The number of amides is 4. The standard InChI is InChI=1S/C30H29BrN4O3/c1-22-8-5-10-24(20-22)34-30(37)35(19-7-18-32-29(36)33-25-11-6-9-23(31)21-25)26-14-16-28(17-15-26)38-27-12-3-2-4-13-27/h2-6,8-17,20-21H,7,18-19H2,1H3,(H,34,37)(H2,32,33,36). The molecule has 0 unspecified atom stereocenters. The van der Waals surface area contributed by atoms with E-state index in [0.29, 0.717) is 36.6 Å². The molecular formula is C30H29BrN4O3. The number of aryl methyl sites for hydroxylation is 1. The maximum atomic E-state index is 13.3. The zero-order chi connectivity index (χ0) is 26.7. The molecule has 0 atom stereocenters. The molecule has 3 N–H and O–H groups in total. The number of benzene rings is 4. The van der Waals surface area contributed by atoms with Crippen molar-refractivity contribution in [1.29, 1.82) is 0 Å². The van der Waals surface area contributed by atoms with Gasteiger partial charge in [0.25, 0.3) is 0 Å². The second-order valence-corrected chi connectivity index (χ2v) is 9.52. The predicted molar refractivity (Wildman–Crippen MR) is 156 cm³/mol. The number of urea groups is 2. The number of halogens is 1. The van der Waals surface area contributed by atoms with Crippen LogP contribution in [0.2, 0.25) is 0 Å². The Kier molecular flexibility index (Phi) is 9.37. The summed E-state index contributed by atoms with van der Waals surface area (Å²) in [5.41, 5.74) is 3.18. The van der Waals surface area contributed by atoms with Gasteiger partial charge in [-0.05, 0) is 85.6 Å². The van der Waals surface area contributed by atoms with Gasteiger partial charge in [-0.3, -0.25) is 4.90 Å². The predicted octanol–water partition coefficient (Wildman–Crippen LogP) is 7.80. The molecule has 0 aliphatic heterocycles. The van der Waals surface area contributed by atoms with Gasteiger partial charge in [-0.2, -0.15) is 0 Å². The van der Waals surface area contributed by atoms with E-state index in [2.05, 4.69) is 31.9 Å². The van der Waals surface area contributed by atoms with Crippen LogP contribution >= 0.6 is 15.9 Å². The van der Waals surface area contributed by atoms with Crippen LogP contribution in [0.4, 0.5) is 26.7 Å². The van der Waals surface area contributed by atoms with Crippen molar-refractivity contribution in [3.05, 3.63) is 113 Å². The second kappa shape index (κ2) is 13.3. The molecule has 194 valence electrons. The number of nitrogens with one attached hydrogen (secondary N) is 3. The average Bonchev–Trinajstić information content (AvgIpc) is 2.90. The molecule has 0 radical (unpaired) electrons. The van der Waals surface area contributed by atoms with E-state index >= 15 is 0 Å². The van der Waals surface area contributed by atoms with Crippen molar-refractivity contribution in [3.63, 3.8) is 0 Å². The molecule has 4 aromatic carbocycles. The summed E-state index contributed by atoms with van der Waals surface area (Å²) in [6.07, 6.45) is 0.551. The summed E-state index contributed by atoms with van der Waals surface area (Å²) in [4.78, 5) is 27.2. The van der Waals surface area contributed by atoms with Crippen molar-refractivity contribution in [2.45, 2.75) is 13.3 Å². The second-order valence-electron chi connectivity index (χ2n) is 8.61. The Hall–Kier alpha value is -4.30. The molecule has 0 aliphatic carbocycles. The van der Waals surface area contributed by atoms with Gasteiger partial charge in [0.15, 0.2) is 0 Å². The summed E-state index contributed by atoms with van der Waals surface area (Å²) in [6, 6.07) is 31.3. The Labute approximate surface area is 231 Å².